The van der Waals surface area contributed by atoms with Crippen molar-refractivity contribution in [2.24, 2.45) is 0 Å². The normalized spacial score (nSPS) is 16.2. The first-order valence-electron chi connectivity index (χ1n) is 11.0. The molecule has 1 unspecified atom stereocenters. The topological polar surface area (TPSA) is 109 Å². The number of benzene rings is 1. The minimum atomic E-state index is -0.149. The molecule has 9 nitrogen and oxygen atoms in total. The third kappa shape index (κ3) is 3.97. The predicted octanol–water partition coefficient (Wildman–Crippen LogP) is 3.47. The van der Waals surface area contributed by atoms with Gasteiger partial charge in [-0.05, 0) is 29.8 Å². The average molecular weight is 472 g/mol. The molecule has 0 saturated carbocycles. The Kier molecular flexibility index (Phi) is 5.36. The van der Waals surface area contributed by atoms with E-state index in [1.165, 1.54) is 0 Å². The van der Waals surface area contributed by atoms with Gasteiger partial charge in [0.25, 0.3) is 5.91 Å². The number of carbonyl (C=O) groups excluding carboxylic acids is 1. The summed E-state index contributed by atoms with van der Waals surface area (Å²) in [4.78, 5) is 28.9. The van der Waals surface area contributed by atoms with Crippen LogP contribution in [0.3, 0.4) is 0 Å². The van der Waals surface area contributed by atoms with Crippen LogP contribution in [0.25, 0.3) is 21.1 Å². The first-order chi connectivity index (χ1) is 16.7. The number of aromatic nitrogens is 5. The van der Waals surface area contributed by atoms with E-state index in [4.69, 9.17) is 9.72 Å². The van der Waals surface area contributed by atoms with E-state index < -0.39 is 0 Å². The van der Waals surface area contributed by atoms with Crippen molar-refractivity contribution >= 4 is 44.3 Å². The number of nitrogens with one attached hydrogen (secondary N) is 2. The average Bonchev–Trinajstić information content (AvgIpc) is 3.54. The molecule has 0 spiro atoms. The molecule has 0 radical (unpaired) electrons. The number of ether oxygens (including phenoxy) is 1. The highest BCUT2D eigenvalue weighted by Crippen LogP contribution is 2.31. The summed E-state index contributed by atoms with van der Waals surface area (Å²) >= 11 is 1.58. The van der Waals surface area contributed by atoms with Crippen molar-refractivity contribution in [3.63, 3.8) is 0 Å². The molecule has 0 aliphatic carbocycles. The Morgan fingerprint density at radius 2 is 2.21 bits per heavy atom. The summed E-state index contributed by atoms with van der Waals surface area (Å²) in [6.45, 7) is 2.41. The Labute approximate surface area is 198 Å². The monoisotopic (exact) mass is 471 g/mol. The molecule has 34 heavy (non-hydrogen) atoms. The van der Waals surface area contributed by atoms with Gasteiger partial charge in [0, 0.05) is 29.2 Å². The largest absolute Gasteiger partial charge is 0.370 e. The number of carbonyl (C=O) groups is 1. The van der Waals surface area contributed by atoms with Crippen molar-refractivity contribution in [3.05, 3.63) is 77.2 Å². The fourth-order valence-corrected chi connectivity index (χ4v) is 5.09. The maximum absolute atomic E-state index is 12.3. The predicted molar refractivity (Wildman–Crippen MR) is 130 cm³/mol. The van der Waals surface area contributed by atoms with Gasteiger partial charge in [0.1, 0.15) is 6.10 Å². The molecule has 1 aliphatic heterocycles. The van der Waals surface area contributed by atoms with Gasteiger partial charge in [0.2, 0.25) is 5.95 Å². The zero-order valence-corrected chi connectivity index (χ0v) is 19.0. The van der Waals surface area contributed by atoms with Crippen LogP contribution >= 0.6 is 11.3 Å². The minimum absolute atomic E-state index is 0.0879. The van der Waals surface area contributed by atoms with Crippen molar-refractivity contribution < 1.29 is 9.53 Å². The van der Waals surface area contributed by atoms with Crippen LogP contribution in [0.1, 0.15) is 26.9 Å². The zero-order valence-electron chi connectivity index (χ0n) is 18.1. The van der Waals surface area contributed by atoms with Crippen molar-refractivity contribution in [2.75, 3.05) is 24.6 Å². The van der Waals surface area contributed by atoms with E-state index in [9.17, 15) is 4.79 Å². The number of hydrogen-bond acceptors (Lipinski definition) is 8. The molecule has 6 rings (SSSR count). The molecule has 1 aliphatic rings. The van der Waals surface area contributed by atoms with Gasteiger partial charge in [-0.15, -0.1) is 11.3 Å². The Morgan fingerprint density at radius 3 is 3.12 bits per heavy atom. The lowest BCUT2D eigenvalue weighted by atomic mass is 10.0. The third-order valence-electron chi connectivity index (χ3n) is 5.87. The van der Waals surface area contributed by atoms with Gasteiger partial charge >= 0.3 is 0 Å². The van der Waals surface area contributed by atoms with Crippen LogP contribution in [0.2, 0.25) is 0 Å². The molecule has 170 valence electrons. The molecule has 5 heterocycles. The van der Waals surface area contributed by atoms with Crippen LogP contribution < -0.4 is 10.2 Å². The third-order valence-corrected chi connectivity index (χ3v) is 6.93. The number of nitrogens with zero attached hydrogens (tertiary/aromatic N) is 5. The summed E-state index contributed by atoms with van der Waals surface area (Å²) in [5.74, 6) is 0.535. The number of rotatable bonds is 5. The molecule has 1 aromatic carbocycles. The van der Waals surface area contributed by atoms with Crippen molar-refractivity contribution in [3.8, 4) is 0 Å². The van der Waals surface area contributed by atoms with Gasteiger partial charge < -0.3 is 15.0 Å². The second-order valence-electron chi connectivity index (χ2n) is 8.04. The highest BCUT2D eigenvalue weighted by Gasteiger charge is 2.25. The molecule has 1 fully saturated rings. The van der Waals surface area contributed by atoms with Crippen LogP contribution in [0.15, 0.2) is 61.2 Å². The quantitative estimate of drug-likeness (QED) is 0.404. The van der Waals surface area contributed by atoms with Gasteiger partial charge in [0.15, 0.2) is 0 Å². The fourth-order valence-electron chi connectivity index (χ4n) is 4.18. The van der Waals surface area contributed by atoms with Crippen LogP contribution in [-0.2, 0) is 11.3 Å². The standard InChI is InChI=1S/C24H21N7O2S/c32-23(15-3-2-6-25-10-15)26-11-16-9-20-22(34-16)13-27-24(29-20)31-7-8-33-21(14-31)17-4-1-5-19-18(17)12-28-30-19/h1-6,9-10,12-13,21H,7-8,11,14H2,(H,26,32)(H,28,30). The number of amides is 1. The second-order valence-corrected chi connectivity index (χ2v) is 9.21. The van der Waals surface area contributed by atoms with Gasteiger partial charge in [-0.2, -0.15) is 5.10 Å². The molecular weight excluding hydrogens is 450 g/mol. The highest BCUT2D eigenvalue weighted by atomic mass is 32.1. The van der Waals surface area contributed by atoms with E-state index in [1.807, 2.05) is 30.6 Å². The van der Waals surface area contributed by atoms with Crippen molar-refractivity contribution in [1.82, 2.24) is 30.5 Å². The SMILES string of the molecule is O=C(NCc1cc2nc(N3CCOC(c4cccc5[nH]ncc45)C3)ncc2s1)c1cccnc1. The van der Waals surface area contributed by atoms with Crippen molar-refractivity contribution in [2.45, 2.75) is 12.6 Å². The van der Waals surface area contributed by atoms with E-state index >= 15 is 0 Å². The Morgan fingerprint density at radius 1 is 1.24 bits per heavy atom. The lowest BCUT2D eigenvalue weighted by Crippen LogP contribution is -2.39. The number of pyridine rings is 1. The molecule has 10 heteroatoms. The van der Waals surface area contributed by atoms with Crippen LogP contribution in [-0.4, -0.2) is 50.8 Å². The van der Waals surface area contributed by atoms with Gasteiger partial charge in [-0.3, -0.25) is 14.9 Å². The molecule has 1 atom stereocenters. The van der Waals surface area contributed by atoms with E-state index in [0.717, 1.165) is 38.1 Å². The van der Waals surface area contributed by atoms with E-state index in [1.54, 1.807) is 35.9 Å². The molecule has 2 N–H and O–H groups in total. The van der Waals surface area contributed by atoms with Crippen LogP contribution in [0, 0.1) is 0 Å². The van der Waals surface area contributed by atoms with E-state index in [0.29, 0.717) is 31.2 Å². The second kappa shape index (κ2) is 8.81. The summed E-state index contributed by atoms with van der Waals surface area (Å²) in [5, 5.41) is 11.2. The molecule has 4 aromatic heterocycles. The lowest BCUT2D eigenvalue weighted by Gasteiger charge is -2.33. The highest BCUT2D eigenvalue weighted by molar-refractivity contribution is 7.18. The molecule has 0 bridgehead atoms. The summed E-state index contributed by atoms with van der Waals surface area (Å²) in [5.41, 5.74) is 3.52. The van der Waals surface area contributed by atoms with Gasteiger partial charge in [0.05, 0.1) is 53.4 Å². The molecule has 5 aromatic rings. The minimum Gasteiger partial charge on any atom is -0.370 e. The van der Waals surface area contributed by atoms with Gasteiger partial charge in [-0.25, -0.2) is 9.97 Å². The number of aromatic amines is 1. The summed E-state index contributed by atoms with van der Waals surface area (Å²) in [6.07, 6.45) is 6.81. The number of anilines is 1. The number of thiophene rings is 1. The first-order valence-corrected chi connectivity index (χ1v) is 11.8. The van der Waals surface area contributed by atoms with E-state index in [-0.39, 0.29) is 12.0 Å². The Bertz CT molecular complexity index is 1470. The number of hydrogen-bond donors (Lipinski definition) is 2. The fraction of sp³-hybridized carbons (Fsp3) is 0.208. The molecule has 1 amide bonds. The summed E-state index contributed by atoms with van der Waals surface area (Å²) in [6, 6.07) is 11.6. The summed E-state index contributed by atoms with van der Waals surface area (Å²) in [7, 11) is 0. The summed E-state index contributed by atoms with van der Waals surface area (Å²) < 4.78 is 7.08. The van der Waals surface area contributed by atoms with Crippen LogP contribution in [0.4, 0.5) is 5.95 Å². The lowest BCUT2D eigenvalue weighted by molar-refractivity contribution is 0.0402. The Balaban J connectivity index is 1.18. The zero-order chi connectivity index (χ0) is 22.9. The van der Waals surface area contributed by atoms with E-state index in [2.05, 4.69) is 36.4 Å². The smallest absolute Gasteiger partial charge is 0.253 e. The maximum atomic E-state index is 12.3. The Hall–Kier alpha value is -3.89. The molecular formula is C24H21N7O2S. The van der Waals surface area contributed by atoms with Crippen LogP contribution in [0.5, 0.6) is 0 Å². The molecule has 1 saturated heterocycles. The first kappa shape index (κ1) is 20.7. The number of fused-ring (bicyclic) bond motifs is 2. The van der Waals surface area contributed by atoms with Gasteiger partial charge in [-0.1, -0.05) is 12.1 Å². The number of morpholine rings is 1. The van der Waals surface area contributed by atoms with Crippen molar-refractivity contribution in [1.29, 1.82) is 0 Å². The maximum Gasteiger partial charge on any atom is 0.253 e. The number of H-pyrrole nitrogens is 1.